The standard InChI is InChI=1S/C15H24N2O2S/c1-11(2)13-9-12(15(18)19)10-14(17-13)16-7-5-4-6-8-20-3/h9-11H,4-8H2,1-3H3,(H,16,17)(H,18,19). The van der Waals surface area contributed by atoms with E-state index in [2.05, 4.69) is 16.6 Å². The van der Waals surface area contributed by atoms with Crippen molar-refractivity contribution in [2.24, 2.45) is 0 Å². The smallest absolute Gasteiger partial charge is 0.335 e. The van der Waals surface area contributed by atoms with Crippen molar-refractivity contribution in [3.8, 4) is 0 Å². The number of unbranched alkanes of at least 4 members (excludes halogenated alkanes) is 2. The molecule has 0 aliphatic rings. The summed E-state index contributed by atoms with van der Waals surface area (Å²) in [5.41, 5.74) is 1.11. The Balaban J connectivity index is 2.58. The third-order valence-electron chi connectivity index (χ3n) is 3.01. The maximum Gasteiger partial charge on any atom is 0.335 e. The molecule has 0 aliphatic heterocycles. The summed E-state index contributed by atoms with van der Waals surface area (Å²) in [6.45, 7) is 4.86. The number of hydrogen-bond donors (Lipinski definition) is 2. The molecule has 20 heavy (non-hydrogen) atoms. The predicted octanol–water partition coefficient (Wildman–Crippen LogP) is 3.85. The number of thioether (sulfide) groups is 1. The second-order valence-corrected chi connectivity index (χ2v) is 6.09. The Kier molecular flexibility index (Phi) is 7.44. The topological polar surface area (TPSA) is 62.2 Å². The molecule has 0 amide bonds. The number of aromatic nitrogens is 1. The van der Waals surface area contributed by atoms with Crippen molar-refractivity contribution in [2.45, 2.75) is 39.0 Å². The van der Waals surface area contributed by atoms with Crippen LogP contribution in [0.15, 0.2) is 12.1 Å². The zero-order valence-corrected chi connectivity index (χ0v) is 13.3. The summed E-state index contributed by atoms with van der Waals surface area (Å²) in [6.07, 6.45) is 5.61. The van der Waals surface area contributed by atoms with Gasteiger partial charge in [0.05, 0.1) is 5.56 Å². The van der Waals surface area contributed by atoms with Crippen LogP contribution in [0.1, 0.15) is 55.1 Å². The lowest BCUT2D eigenvalue weighted by Crippen LogP contribution is -2.08. The number of nitrogens with zero attached hydrogens (tertiary/aromatic N) is 1. The van der Waals surface area contributed by atoms with E-state index in [4.69, 9.17) is 5.11 Å². The highest BCUT2D eigenvalue weighted by Gasteiger charge is 2.10. The van der Waals surface area contributed by atoms with E-state index in [-0.39, 0.29) is 5.92 Å². The number of hydrogen-bond acceptors (Lipinski definition) is 4. The molecule has 1 heterocycles. The summed E-state index contributed by atoms with van der Waals surface area (Å²) in [7, 11) is 0. The summed E-state index contributed by atoms with van der Waals surface area (Å²) in [5.74, 6) is 1.18. The van der Waals surface area contributed by atoms with Gasteiger partial charge in [0, 0.05) is 12.2 Å². The Morgan fingerprint density at radius 3 is 2.70 bits per heavy atom. The van der Waals surface area contributed by atoms with Crippen LogP contribution >= 0.6 is 11.8 Å². The van der Waals surface area contributed by atoms with E-state index >= 15 is 0 Å². The van der Waals surface area contributed by atoms with Gasteiger partial charge < -0.3 is 10.4 Å². The molecular weight excluding hydrogens is 272 g/mol. The van der Waals surface area contributed by atoms with Crippen molar-refractivity contribution in [3.63, 3.8) is 0 Å². The summed E-state index contributed by atoms with van der Waals surface area (Å²) in [6, 6.07) is 3.26. The van der Waals surface area contributed by atoms with Crippen LogP contribution in [0.3, 0.4) is 0 Å². The minimum atomic E-state index is -0.905. The molecule has 0 bridgehead atoms. The normalized spacial score (nSPS) is 10.8. The molecule has 0 aromatic carbocycles. The zero-order chi connectivity index (χ0) is 15.0. The van der Waals surface area contributed by atoms with Crippen molar-refractivity contribution in [1.29, 1.82) is 0 Å². The molecule has 0 saturated heterocycles. The van der Waals surface area contributed by atoms with E-state index in [9.17, 15) is 4.79 Å². The van der Waals surface area contributed by atoms with Crippen molar-refractivity contribution in [2.75, 3.05) is 23.9 Å². The van der Waals surface area contributed by atoms with Gasteiger partial charge in [-0.15, -0.1) is 0 Å². The fourth-order valence-electron chi connectivity index (χ4n) is 1.83. The van der Waals surface area contributed by atoms with Gasteiger partial charge in [-0.2, -0.15) is 11.8 Å². The fraction of sp³-hybridized carbons (Fsp3) is 0.600. The van der Waals surface area contributed by atoms with E-state index in [0.717, 1.165) is 18.7 Å². The first kappa shape index (κ1) is 16.8. The van der Waals surface area contributed by atoms with Crippen molar-refractivity contribution in [1.82, 2.24) is 4.98 Å². The molecule has 5 heteroatoms. The number of aromatic carboxylic acids is 1. The highest BCUT2D eigenvalue weighted by molar-refractivity contribution is 7.98. The first-order valence-electron chi connectivity index (χ1n) is 7.02. The number of carboxylic acids is 1. The minimum absolute atomic E-state index is 0.219. The predicted molar refractivity (Wildman–Crippen MR) is 86.0 cm³/mol. The maximum absolute atomic E-state index is 11.1. The molecule has 2 N–H and O–H groups in total. The molecule has 1 rings (SSSR count). The van der Waals surface area contributed by atoms with Crippen molar-refractivity contribution in [3.05, 3.63) is 23.4 Å². The number of rotatable bonds is 9. The van der Waals surface area contributed by atoms with Gasteiger partial charge >= 0.3 is 5.97 Å². The van der Waals surface area contributed by atoms with Crippen molar-refractivity contribution < 1.29 is 9.90 Å². The number of carbonyl (C=O) groups is 1. The quantitative estimate of drug-likeness (QED) is 0.678. The Bertz CT molecular complexity index is 436. The number of nitrogens with one attached hydrogen (secondary N) is 1. The number of anilines is 1. The van der Waals surface area contributed by atoms with Crippen LogP contribution in [-0.4, -0.2) is 34.6 Å². The summed E-state index contributed by atoms with van der Waals surface area (Å²) >= 11 is 1.87. The van der Waals surface area contributed by atoms with Gasteiger partial charge in [0.15, 0.2) is 0 Å². The fourth-order valence-corrected chi connectivity index (χ4v) is 2.32. The monoisotopic (exact) mass is 296 g/mol. The highest BCUT2D eigenvalue weighted by atomic mass is 32.2. The lowest BCUT2D eigenvalue weighted by Gasteiger charge is -2.11. The molecule has 4 nitrogen and oxygen atoms in total. The van der Waals surface area contributed by atoms with Crippen LogP contribution in [0, 0.1) is 0 Å². The first-order chi connectivity index (χ1) is 9.54. The van der Waals surface area contributed by atoms with Gasteiger partial charge in [0.25, 0.3) is 0 Å². The van der Waals surface area contributed by atoms with E-state index in [0.29, 0.717) is 11.4 Å². The van der Waals surface area contributed by atoms with E-state index in [1.807, 2.05) is 25.6 Å². The third-order valence-corrected chi connectivity index (χ3v) is 3.71. The molecule has 112 valence electrons. The Morgan fingerprint density at radius 2 is 2.10 bits per heavy atom. The lowest BCUT2D eigenvalue weighted by atomic mass is 10.1. The molecule has 0 aliphatic carbocycles. The van der Waals surface area contributed by atoms with Crippen LogP contribution in [0.5, 0.6) is 0 Å². The molecular formula is C15H24N2O2S. The molecule has 0 saturated carbocycles. The van der Waals surface area contributed by atoms with E-state index in [1.54, 1.807) is 12.1 Å². The first-order valence-corrected chi connectivity index (χ1v) is 8.42. The molecule has 0 radical (unpaired) electrons. The van der Waals surface area contributed by atoms with Crippen LogP contribution in [0.4, 0.5) is 5.82 Å². The van der Waals surface area contributed by atoms with Gasteiger partial charge in [-0.25, -0.2) is 9.78 Å². The van der Waals surface area contributed by atoms with E-state index < -0.39 is 5.97 Å². The Labute approximate surface area is 125 Å². The van der Waals surface area contributed by atoms with E-state index in [1.165, 1.54) is 18.6 Å². The third kappa shape index (κ3) is 5.82. The van der Waals surface area contributed by atoms with Crippen LogP contribution < -0.4 is 5.32 Å². The molecule has 0 fully saturated rings. The largest absolute Gasteiger partial charge is 0.478 e. The SMILES string of the molecule is CSCCCCCNc1cc(C(=O)O)cc(C(C)C)n1. The van der Waals surface area contributed by atoms with Gasteiger partial charge in [0.1, 0.15) is 5.82 Å². The molecule has 0 spiro atoms. The van der Waals surface area contributed by atoms with Crippen LogP contribution in [-0.2, 0) is 0 Å². The zero-order valence-electron chi connectivity index (χ0n) is 12.5. The van der Waals surface area contributed by atoms with Gasteiger partial charge in [-0.05, 0) is 42.9 Å². The number of carboxylic acid groups (broad SMARTS) is 1. The number of pyridine rings is 1. The van der Waals surface area contributed by atoms with Gasteiger partial charge in [-0.3, -0.25) is 0 Å². The van der Waals surface area contributed by atoms with Gasteiger partial charge in [0.2, 0.25) is 0 Å². The molecule has 0 unspecified atom stereocenters. The summed E-state index contributed by atoms with van der Waals surface area (Å²) < 4.78 is 0. The summed E-state index contributed by atoms with van der Waals surface area (Å²) in [5, 5.41) is 12.4. The minimum Gasteiger partial charge on any atom is -0.478 e. The lowest BCUT2D eigenvalue weighted by molar-refractivity contribution is 0.0696. The average molecular weight is 296 g/mol. The van der Waals surface area contributed by atoms with Crippen LogP contribution in [0.2, 0.25) is 0 Å². The second-order valence-electron chi connectivity index (χ2n) is 5.11. The van der Waals surface area contributed by atoms with Crippen LogP contribution in [0.25, 0.3) is 0 Å². The summed E-state index contributed by atoms with van der Waals surface area (Å²) in [4.78, 5) is 15.6. The molecule has 1 aromatic heterocycles. The Morgan fingerprint density at radius 1 is 1.35 bits per heavy atom. The second kappa shape index (κ2) is 8.84. The molecule has 1 aromatic rings. The average Bonchev–Trinajstić information content (AvgIpc) is 2.42. The maximum atomic E-state index is 11.1. The van der Waals surface area contributed by atoms with Crippen molar-refractivity contribution >= 4 is 23.5 Å². The highest BCUT2D eigenvalue weighted by Crippen LogP contribution is 2.18. The Hall–Kier alpha value is -1.23. The van der Waals surface area contributed by atoms with Gasteiger partial charge in [-0.1, -0.05) is 20.3 Å². The molecule has 0 atom stereocenters.